The van der Waals surface area contributed by atoms with E-state index in [1.54, 1.807) is 0 Å². The van der Waals surface area contributed by atoms with E-state index in [1.807, 2.05) is 19.2 Å². The molecule has 1 aromatic rings. The number of hydrogen-bond acceptors (Lipinski definition) is 2. The Hall–Kier alpha value is -0.530. The molecule has 0 radical (unpaired) electrons. The molecule has 1 saturated heterocycles. The van der Waals surface area contributed by atoms with Gasteiger partial charge in [-0.15, -0.1) is 24.0 Å². The van der Waals surface area contributed by atoms with Gasteiger partial charge in [0.15, 0.2) is 5.96 Å². The van der Waals surface area contributed by atoms with E-state index in [2.05, 4.69) is 34.7 Å². The molecule has 2 N–H and O–H groups in total. The summed E-state index contributed by atoms with van der Waals surface area (Å²) < 4.78 is 5.58. The van der Waals surface area contributed by atoms with E-state index >= 15 is 0 Å². The van der Waals surface area contributed by atoms with E-state index < -0.39 is 0 Å². The van der Waals surface area contributed by atoms with Gasteiger partial charge in [0.05, 0.1) is 0 Å². The molecule has 1 fully saturated rings. The normalized spacial score (nSPS) is 17.0. The number of aliphatic imine (C=N–C) groups is 1. The largest absolute Gasteiger partial charge is 0.381 e. The molecule has 136 valence electrons. The lowest BCUT2D eigenvalue weighted by Crippen LogP contribution is -2.48. The van der Waals surface area contributed by atoms with Crippen LogP contribution in [0.5, 0.6) is 0 Å². The summed E-state index contributed by atoms with van der Waals surface area (Å²) in [5, 5.41) is 7.66. The van der Waals surface area contributed by atoms with Gasteiger partial charge in [0.2, 0.25) is 0 Å². The van der Waals surface area contributed by atoms with Crippen LogP contribution in [0.1, 0.15) is 38.2 Å². The number of ether oxygens (including phenoxy) is 1. The highest BCUT2D eigenvalue weighted by atomic mass is 127. The summed E-state index contributed by atoms with van der Waals surface area (Å²) in [7, 11) is 1.82. The molecule has 1 aliphatic heterocycles. The molecule has 0 aliphatic carbocycles. The van der Waals surface area contributed by atoms with E-state index in [1.165, 1.54) is 12.0 Å². The smallest absolute Gasteiger partial charge is 0.191 e. The summed E-state index contributed by atoms with van der Waals surface area (Å²) in [6.45, 7) is 5.55. The Kier molecular flexibility index (Phi) is 10.0. The Morgan fingerprint density at radius 1 is 1.29 bits per heavy atom. The zero-order chi connectivity index (χ0) is 16.5. The van der Waals surface area contributed by atoms with Gasteiger partial charge in [-0.2, -0.15) is 0 Å². The second-order valence-electron chi connectivity index (χ2n) is 6.11. The number of unbranched alkanes of at least 4 members (excludes halogenated alkanes) is 1. The van der Waals surface area contributed by atoms with Crippen LogP contribution < -0.4 is 10.6 Å². The van der Waals surface area contributed by atoms with Crippen molar-refractivity contribution in [1.29, 1.82) is 0 Å². The number of benzene rings is 1. The van der Waals surface area contributed by atoms with Gasteiger partial charge in [0, 0.05) is 43.8 Å². The summed E-state index contributed by atoms with van der Waals surface area (Å²) in [6.07, 6.45) is 4.31. The first-order valence-corrected chi connectivity index (χ1v) is 8.86. The lowest BCUT2D eigenvalue weighted by atomic mass is 9.74. The molecule has 0 unspecified atom stereocenters. The minimum Gasteiger partial charge on any atom is -0.381 e. The van der Waals surface area contributed by atoms with Crippen LogP contribution in [0, 0.1) is 0 Å². The summed E-state index contributed by atoms with van der Waals surface area (Å²) in [4.78, 5) is 4.32. The van der Waals surface area contributed by atoms with Gasteiger partial charge in [-0.25, -0.2) is 0 Å². The fraction of sp³-hybridized carbons (Fsp3) is 0.611. The number of rotatable bonds is 6. The zero-order valence-corrected chi connectivity index (χ0v) is 17.7. The van der Waals surface area contributed by atoms with Crippen molar-refractivity contribution in [2.24, 2.45) is 4.99 Å². The van der Waals surface area contributed by atoms with Gasteiger partial charge in [-0.1, -0.05) is 37.1 Å². The molecule has 0 aromatic heterocycles. The van der Waals surface area contributed by atoms with Gasteiger partial charge in [-0.05, 0) is 37.0 Å². The molecular weight excluding hydrogens is 437 g/mol. The second-order valence-corrected chi connectivity index (χ2v) is 6.55. The fourth-order valence-corrected chi connectivity index (χ4v) is 3.20. The lowest BCUT2D eigenvalue weighted by molar-refractivity contribution is 0.0514. The first-order chi connectivity index (χ1) is 11.2. The molecule has 1 heterocycles. The van der Waals surface area contributed by atoms with Crippen molar-refractivity contribution in [3.05, 3.63) is 34.9 Å². The molecule has 0 bridgehead atoms. The summed E-state index contributed by atoms with van der Waals surface area (Å²) in [6, 6.07) is 8.22. The van der Waals surface area contributed by atoms with Crippen molar-refractivity contribution in [3.8, 4) is 0 Å². The molecular formula is C18H29ClIN3O. The fourth-order valence-electron chi connectivity index (χ4n) is 3.01. The van der Waals surface area contributed by atoms with Crippen LogP contribution in [0.2, 0.25) is 5.02 Å². The van der Waals surface area contributed by atoms with Crippen LogP contribution in [0.3, 0.4) is 0 Å². The Bertz CT molecular complexity index is 519. The van der Waals surface area contributed by atoms with Gasteiger partial charge in [0.1, 0.15) is 0 Å². The van der Waals surface area contributed by atoms with Crippen molar-refractivity contribution in [2.75, 3.05) is 33.4 Å². The monoisotopic (exact) mass is 465 g/mol. The van der Waals surface area contributed by atoms with Crippen molar-refractivity contribution < 1.29 is 4.74 Å². The minimum atomic E-state index is 0. The SMILES string of the molecule is CCCCNC(=NC)NCC1(c2cccc(Cl)c2)CCOCC1.I. The number of halogens is 2. The van der Waals surface area contributed by atoms with Crippen molar-refractivity contribution >= 4 is 41.5 Å². The highest BCUT2D eigenvalue weighted by molar-refractivity contribution is 14.0. The number of hydrogen-bond donors (Lipinski definition) is 2. The lowest BCUT2D eigenvalue weighted by Gasteiger charge is -2.38. The molecule has 0 atom stereocenters. The number of guanidine groups is 1. The Balaban J connectivity index is 0.00000288. The molecule has 6 heteroatoms. The number of nitrogens with zero attached hydrogens (tertiary/aromatic N) is 1. The van der Waals surface area contributed by atoms with Gasteiger partial charge >= 0.3 is 0 Å². The maximum absolute atomic E-state index is 6.21. The Morgan fingerprint density at radius 3 is 2.67 bits per heavy atom. The maximum Gasteiger partial charge on any atom is 0.191 e. The van der Waals surface area contributed by atoms with Gasteiger partial charge in [-0.3, -0.25) is 4.99 Å². The topological polar surface area (TPSA) is 45.7 Å². The van der Waals surface area contributed by atoms with Crippen LogP contribution in [0.15, 0.2) is 29.3 Å². The third-order valence-electron chi connectivity index (χ3n) is 4.53. The minimum absolute atomic E-state index is 0. The van der Waals surface area contributed by atoms with Crippen LogP contribution in [0.25, 0.3) is 0 Å². The molecule has 24 heavy (non-hydrogen) atoms. The number of nitrogens with one attached hydrogen (secondary N) is 2. The van der Waals surface area contributed by atoms with Crippen LogP contribution in [-0.4, -0.2) is 39.3 Å². The second kappa shape index (κ2) is 11.2. The van der Waals surface area contributed by atoms with E-state index in [0.717, 1.165) is 56.5 Å². The summed E-state index contributed by atoms with van der Waals surface area (Å²) in [5.74, 6) is 0.867. The Labute approximate surface area is 167 Å². The van der Waals surface area contributed by atoms with E-state index in [9.17, 15) is 0 Å². The quantitative estimate of drug-likeness (QED) is 0.289. The highest BCUT2D eigenvalue weighted by Gasteiger charge is 2.34. The van der Waals surface area contributed by atoms with Crippen LogP contribution >= 0.6 is 35.6 Å². The van der Waals surface area contributed by atoms with Crippen LogP contribution in [-0.2, 0) is 10.2 Å². The van der Waals surface area contributed by atoms with Gasteiger partial charge in [0.25, 0.3) is 0 Å². The van der Waals surface area contributed by atoms with Crippen LogP contribution in [0.4, 0.5) is 0 Å². The van der Waals surface area contributed by atoms with E-state index in [4.69, 9.17) is 16.3 Å². The third kappa shape index (κ3) is 6.08. The summed E-state index contributed by atoms with van der Waals surface area (Å²) in [5.41, 5.74) is 1.33. The Morgan fingerprint density at radius 2 is 2.04 bits per heavy atom. The highest BCUT2D eigenvalue weighted by Crippen LogP contribution is 2.35. The molecule has 0 saturated carbocycles. The molecule has 0 spiro atoms. The molecule has 1 aliphatic rings. The molecule has 4 nitrogen and oxygen atoms in total. The maximum atomic E-state index is 6.21. The van der Waals surface area contributed by atoms with E-state index in [0.29, 0.717) is 0 Å². The van der Waals surface area contributed by atoms with Crippen molar-refractivity contribution in [3.63, 3.8) is 0 Å². The van der Waals surface area contributed by atoms with Crippen molar-refractivity contribution in [1.82, 2.24) is 10.6 Å². The van der Waals surface area contributed by atoms with E-state index in [-0.39, 0.29) is 29.4 Å². The molecule has 1 aromatic carbocycles. The standard InChI is InChI=1S/C18H28ClN3O.HI/c1-3-4-10-21-17(20-2)22-14-18(8-11-23-12-9-18)15-6-5-7-16(19)13-15;/h5-7,13H,3-4,8-12,14H2,1-2H3,(H2,20,21,22);1H. The molecule has 0 amide bonds. The van der Waals surface area contributed by atoms with Crippen molar-refractivity contribution in [2.45, 2.75) is 38.0 Å². The molecule has 2 rings (SSSR count). The average molecular weight is 466 g/mol. The predicted molar refractivity (Wildman–Crippen MR) is 113 cm³/mol. The third-order valence-corrected chi connectivity index (χ3v) is 4.76. The first kappa shape index (κ1) is 21.5. The first-order valence-electron chi connectivity index (χ1n) is 8.48. The average Bonchev–Trinajstić information content (AvgIpc) is 2.59. The van der Waals surface area contributed by atoms with Gasteiger partial charge < -0.3 is 15.4 Å². The predicted octanol–water partition coefficient (Wildman–Crippen LogP) is 3.97. The zero-order valence-electron chi connectivity index (χ0n) is 14.6. The summed E-state index contributed by atoms with van der Waals surface area (Å²) >= 11 is 6.21.